The van der Waals surface area contributed by atoms with Crippen molar-refractivity contribution in [3.8, 4) is 22.3 Å². The van der Waals surface area contributed by atoms with Crippen LogP contribution in [0.1, 0.15) is 11.1 Å². The predicted octanol–water partition coefficient (Wildman–Crippen LogP) is 9.07. The molecule has 5 aromatic carbocycles. The number of rotatable bonds is 2. The summed E-state index contributed by atoms with van der Waals surface area (Å²) in [5.74, 6) is 0. The van der Waals surface area contributed by atoms with Gasteiger partial charge in [0.15, 0.2) is 10.9 Å². The smallest absolute Gasteiger partial charge is 0.343 e. The maximum absolute atomic E-state index is 14.0. The molecule has 0 saturated carbocycles. The van der Waals surface area contributed by atoms with Crippen LogP contribution in [0.5, 0.6) is 0 Å². The first kappa shape index (κ1) is 29.3. The van der Waals surface area contributed by atoms with Gasteiger partial charge in [-0.1, -0.05) is 60.7 Å². The van der Waals surface area contributed by atoms with Crippen LogP contribution in [0.2, 0.25) is 0 Å². The third-order valence-electron chi connectivity index (χ3n) is 8.60. The van der Waals surface area contributed by atoms with Crippen LogP contribution in [-0.4, -0.2) is 9.13 Å². The zero-order valence-corrected chi connectivity index (χ0v) is 24.2. The fourth-order valence-electron chi connectivity index (χ4n) is 6.57. The summed E-state index contributed by atoms with van der Waals surface area (Å²) in [5.41, 5.74) is -1.24. The molecule has 0 unspecified atom stereocenters. The van der Waals surface area contributed by atoms with Crippen LogP contribution in [0.25, 0.3) is 65.9 Å². The van der Waals surface area contributed by atoms with Crippen LogP contribution in [0.3, 0.4) is 0 Å². The van der Waals surface area contributed by atoms with Gasteiger partial charge in [-0.05, 0) is 47.5 Å². The van der Waals surface area contributed by atoms with E-state index in [0.29, 0.717) is 11.0 Å². The minimum absolute atomic E-state index is 0.0932. The molecule has 0 aliphatic carbocycles. The van der Waals surface area contributed by atoms with Gasteiger partial charge in [0, 0.05) is 46.8 Å². The summed E-state index contributed by atoms with van der Waals surface area (Å²) in [6.07, 6.45) is -9.28. The molecule has 0 bridgehead atoms. The highest BCUT2D eigenvalue weighted by Crippen LogP contribution is 2.41. The number of pyridine rings is 2. The summed E-state index contributed by atoms with van der Waals surface area (Å²) in [6.45, 7) is 0. The fourth-order valence-corrected chi connectivity index (χ4v) is 6.57. The average molecular weight is 629 g/mol. The molecule has 7 aromatic rings. The number of nitrogens with zero attached hydrogens (tertiary/aromatic N) is 2. The Morgan fingerprint density at radius 2 is 0.804 bits per heavy atom. The second-order valence-electron chi connectivity index (χ2n) is 11.2. The maximum atomic E-state index is 14.0. The Balaban J connectivity index is 1.59. The molecule has 0 fully saturated rings. The third kappa shape index (κ3) is 4.31. The summed E-state index contributed by atoms with van der Waals surface area (Å²) in [5, 5.41) is 0.751. The van der Waals surface area contributed by atoms with Gasteiger partial charge in [-0.3, -0.25) is 9.59 Å². The van der Waals surface area contributed by atoms with Crippen molar-refractivity contribution in [3.63, 3.8) is 0 Å². The third-order valence-corrected chi connectivity index (χ3v) is 8.60. The Labute approximate surface area is 256 Å². The van der Waals surface area contributed by atoms with Crippen molar-refractivity contribution in [1.29, 1.82) is 0 Å². The number of aryl methyl sites for hydroxylation is 2. The highest BCUT2D eigenvalue weighted by molar-refractivity contribution is 6.08. The van der Waals surface area contributed by atoms with Gasteiger partial charge in [0.1, 0.15) is 0 Å². The summed E-state index contributed by atoms with van der Waals surface area (Å²) < 4.78 is 87.3. The maximum Gasteiger partial charge on any atom is 0.417 e. The fraction of sp³-hybridized carbons (Fsp3) is 0.111. The molecule has 4 nitrogen and oxygen atoms in total. The van der Waals surface area contributed by atoms with Crippen LogP contribution in [0.15, 0.2) is 107 Å². The number of aromatic nitrogens is 2. The van der Waals surface area contributed by atoms with Crippen LogP contribution >= 0.6 is 0 Å². The van der Waals surface area contributed by atoms with E-state index in [4.69, 9.17) is 0 Å². The molecule has 7 rings (SSSR count). The van der Waals surface area contributed by atoms with E-state index < -0.39 is 34.3 Å². The minimum Gasteiger partial charge on any atom is -0.343 e. The molecule has 0 N–H and O–H groups in total. The van der Waals surface area contributed by atoms with Crippen molar-refractivity contribution in [2.24, 2.45) is 14.1 Å². The van der Waals surface area contributed by atoms with Crippen molar-refractivity contribution in [2.45, 2.75) is 12.4 Å². The molecule has 2 heterocycles. The molecule has 46 heavy (non-hydrogen) atoms. The summed E-state index contributed by atoms with van der Waals surface area (Å²) in [7, 11) is 3.24. The largest absolute Gasteiger partial charge is 0.417 e. The van der Waals surface area contributed by atoms with Gasteiger partial charge in [-0.15, -0.1) is 0 Å². The number of para-hydroxylation sites is 2. The lowest BCUT2D eigenvalue weighted by molar-refractivity contribution is -0.137. The molecule has 0 saturated heterocycles. The lowest BCUT2D eigenvalue weighted by Gasteiger charge is -2.20. The summed E-state index contributed by atoms with van der Waals surface area (Å²) in [4.78, 5) is 28.0. The minimum atomic E-state index is -4.64. The zero-order valence-electron chi connectivity index (χ0n) is 24.2. The first-order valence-electron chi connectivity index (χ1n) is 14.1. The molecule has 0 radical (unpaired) electrons. The predicted molar refractivity (Wildman–Crippen MR) is 168 cm³/mol. The van der Waals surface area contributed by atoms with E-state index in [1.165, 1.54) is 84.9 Å². The van der Waals surface area contributed by atoms with E-state index in [0.717, 1.165) is 12.1 Å². The Kier molecular flexibility index (Phi) is 6.42. The first-order valence-corrected chi connectivity index (χ1v) is 14.1. The number of hydrogen-bond acceptors (Lipinski definition) is 2. The highest BCUT2D eigenvalue weighted by Gasteiger charge is 2.35. The number of halogens is 6. The van der Waals surface area contributed by atoms with Gasteiger partial charge in [0.2, 0.25) is 0 Å². The van der Waals surface area contributed by atoms with Crippen LogP contribution in [0, 0.1) is 0 Å². The van der Waals surface area contributed by atoms with E-state index in [-0.39, 0.29) is 54.8 Å². The van der Waals surface area contributed by atoms with Gasteiger partial charge in [-0.2, -0.15) is 26.3 Å². The van der Waals surface area contributed by atoms with Gasteiger partial charge in [0.25, 0.3) is 0 Å². The molecule has 0 aliphatic rings. The summed E-state index contributed by atoms with van der Waals surface area (Å²) in [6, 6.07) is 22.4. The lowest BCUT2D eigenvalue weighted by Crippen LogP contribution is -2.15. The Hall–Kier alpha value is -5.38. The standard InChI is InChI=1S/C36H22F6N2O2/c1-43-29-17-26-30(44(2)32-22(12-8-14-24(32)34(26)46)20-10-4-6-16-28(20)36(40,41)42)18-25(29)33(45)23-13-7-11-21(31(23)43)19-9-3-5-15-27(19)35(37,38)39/h3-18H,1-2H3. The first-order chi connectivity index (χ1) is 21.8. The molecule has 0 atom stereocenters. The molecular weight excluding hydrogens is 606 g/mol. The van der Waals surface area contributed by atoms with Gasteiger partial charge in [-0.25, -0.2) is 0 Å². The van der Waals surface area contributed by atoms with E-state index in [9.17, 15) is 35.9 Å². The zero-order chi connectivity index (χ0) is 32.7. The topological polar surface area (TPSA) is 44.0 Å². The second kappa shape index (κ2) is 10.1. The number of fused-ring (bicyclic) bond motifs is 4. The van der Waals surface area contributed by atoms with Crippen molar-refractivity contribution < 1.29 is 26.3 Å². The van der Waals surface area contributed by atoms with Crippen molar-refractivity contribution in [2.75, 3.05) is 0 Å². The molecular formula is C36H22F6N2O2. The quantitative estimate of drug-likeness (QED) is 0.142. The SMILES string of the molecule is Cn1c2cc3c(=O)c4cccc(-c5ccccc5C(F)(F)F)c4n(C)c3cc2c(=O)c2cccc(-c3ccccc3C(F)(F)F)c21. The van der Waals surface area contributed by atoms with Gasteiger partial charge in [0.05, 0.1) is 33.2 Å². The van der Waals surface area contributed by atoms with Gasteiger partial charge >= 0.3 is 12.4 Å². The van der Waals surface area contributed by atoms with Crippen LogP contribution in [-0.2, 0) is 26.4 Å². The molecule has 0 spiro atoms. The van der Waals surface area contributed by atoms with Crippen LogP contribution in [0.4, 0.5) is 26.3 Å². The molecule has 230 valence electrons. The molecule has 2 aromatic heterocycles. The van der Waals surface area contributed by atoms with E-state index in [1.54, 1.807) is 23.2 Å². The van der Waals surface area contributed by atoms with Crippen molar-refractivity contribution in [3.05, 3.63) is 129 Å². The molecule has 0 aliphatic heterocycles. The number of benzene rings is 5. The number of alkyl halides is 6. The van der Waals surface area contributed by atoms with Crippen molar-refractivity contribution in [1.82, 2.24) is 9.13 Å². The van der Waals surface area contributed by atoms with Crippen LogP contribution < -0.4 is 10.9 Å². The lowest BCUT2D eigenvalue weighted by atomic mass is 9.94. The van der Waals surface area contributed by atoms with Crippen molar-refractivity contribution >= 4 is 43.6 Å². The van der Waals surface area contributed by atoms with E-state index >= 15 is 0 Å². The molecule has 10 heteroatoms. The Bertz CT molecular complexity index is 2350. The summed E-state index contributed by atoms with van der Waals surface area (Å²) >= 11 is 0. The monoisotopic (exact) mass is 628 g/mol. The number of hydrogen-bond donors (Lipinski definition) is 0. The Morgan fingerprint density at radius 3 is 1.17 bits per heavy atom. The molecule has 0 amide bonds. The normalized spacial score (nSPS) is 12.5. The highest BCUT2D eigenvalue weighted by atomic mass is 19.4. The average Bonchev–Trinajstić information content (AvgIpc) is 3.04. The Morgan fingerprint density at radius 1 is 0.457 bits per heavy atom. The van der Waals surface area contributed by atoms with E-state index in [1.807, 2.05) is 0 Å². The van der Waals surface area contributed by atoms with Gasteiger partial charge < -0.3 is 9.13 Å². The second-order valence-corrected chi connectivity index (χ2v) is 11.2. The van der Waals surface area contributed by atoms with E-state index in [2.05, 4.69) is 0 Å².